The molecule has 0 radical (unpaired) electrons. The van der Waals surface area contributed by atoms with E-state index in [-0.39, 0.29) is 16.3 Å². The zero-order valence-corrected chi connectivity index (χ0v) is 10.5. The van der Waals surface area contributed by atoms with Crippen LogP contribution in [0.3, 0.4) is 0 Å². The number of halogens is 3. The van der Waals surface area contributed by atoms with Gasteiger partial charge in [-0.15, -0.1) is 0 Å². The minimum absolute atomic E-state index is 0.132. The SMILES string of the molecule is Cn1ncnc1NC(=O)c1c(F)cc(Cl)nc1Cl. The molecule has 1 N–H and O–H groups in total. The molecule has 0 bridgehead atoms. The van der Waals surface area contributed by atoms with Gasteiger partial charge in [-0.1, -0.05) is 23.2 Å². The van der Waals surface area contributed by atoms with Gasteiger partial charge in [0.25, 0.3) is 5.91 Å². The number of hydrogen-bond acceptors (Lipinski definition) is 4. The summed E-state index contributed by atoms with van der Waals surface area (Å²) in [5, 5.41) is 5.65. The van der Waals surface area contributed by atoms with Crippen molar-refractivity contribution < 1.29 is 9.18 Å². The van der Waals surface area contributed by atoms with Gasteiger partial charge in [0.15, 0.2) is 0 Å². The molecule has 2 aromatic heterocycles. The molecule has 9 heteroatoms. The monoisotopic (exact) mass is 289 g/mol. The van der Waals surface area contributed by atoms with E-state index in [9.17, 15) is 9.18 Å². The van der Waals surface area contributed by atoms with Crippen molar-refractivity contribution in [2.45, 2.75) is 0 Å². The third-order valence-corrected chi connectivity index (χ3v) is 2.53. The van der Waals surface area contributed by atoms with E-state index in [1.54, 1.807) is 7.05 Å². The number of aromatic nitrogens is 4. The number of aryl methyl sites for hydroxylation is 1. The van der Waals surface area contributed by atoms with Gasteiger partial charge < -0.3 is 0 Å². The number of nitrogens with one attached hydrogen (secondary N) is 1. The highest BCUT2D eigenvalue weighted by Crippen LogP contribution is 2.21. The Morgan fingerprint density at radius 1 is 1.50 bits per heavy atom. The average Bonchev–Trinajstić information content (AvgIpc) is 2.62. The molecule has 2 rings (SSSR count). The largest absolute Gasteiger partial charge is 0.290 e. The number of carbonyl (C=O) groups is 1. The molecule has 2 aromatic rings. The van der Waals surface area contributed by atoms with Crippen LogP contribution in [0.15, 0.2) is 12.4 Å². The van der Waals surface area contributed by atoms with Crippen LogP contribution >= 0.6 is 23.2 Å². The number of hydrogen-bond donors (Lipinski definition) is 1. The molecule has 0 aliphatic rings. The van der Waals surface area contributed by atoms with Gasteiger partial charge in [0.1, 0.15) is 28.0 Å². The molecule has 2 heterocycles. The van der Waals surface area contributed by atoms with Crippen LogP contribution in [-0.4, -0.2) is 25.7 Å². The number of rotatable bonds is 2. The van der Waals surface area contributed by atoms with E-state index in [1.807, 2.05) is 0 Å². The fourth-order valence-electron chi connectivity index (χ4n) is 1.23. The second kappa shape index (κ2) is 4.87. The van der Waals surface area contributed by atoms with Gasteiger partial charge in [-0.05, 0) is 0 Å². The molecule has 0 aromatic carbocycles. The molecule has 0 atom stereocenters. The molecular formula is C9H6Cl2FN5O. The quantitative estimate of drug-likeness (QED) is 0.857. The molecule has 0 spiro atoms. The summed E-state index contributed by atoms with van der Waals surface area (Å²) in [4.78, 5) is 19.2. The number of amides is 1. The van der Waals surface area contributed by atoms with Crippen LogP contribution in [0, 0.1) is 5.82 Å². The Kier molecular flexibility index (Phi) is 3.44. The van der Waals surface area contributed by atoms with Gasteiger partial charge >= 0.3 is 0 Å². The molecule has 0 saturated carbocycles. The van der Waals surface area contributed by atoms with Crippen LogP contribution < -0.4 is 5.32 Å². The van der Waals surface area contributed by atoms with Gasteiger partial charge in [0.05, 0.1) is 0 Å². The van der Waals surface area contributed by atoms with Gasteiger partial charge in [-0.25, -0.2) is 14.1 Å². The van der Waals surface area contributed by atoms with E-state index in [2.05, 4.69) is 20.4 Å². The molecule has 0 fully saturated rings. The van der Waals surface area contributed by atoms with Crippen LogP contribution in [0.5, 0.6) is 0 Å². The summed E-state index contributed by atoms with van der Waals surface area (Å²) in [7, 11) is 1.57. The van der Waals surface area contributed by atoms with Crippen LogP contribution in [0.25, 0.3) is 0 Å². The predicted molar refractivity (Wildman–Crippen MR) is 63.2 cm³/mol. The van der Waals surface area contributed by atoms with E-state index in [4.69, 9.17) is 23.2 Å². The predicted octanol–water partition coefficient (Wildman–Crippen LogP) is 1.91. The molecule has 1 amide bonds. The third kappa shape index (κ3) is 2.41. The normalized spacial score (nSPS) is 10.4. The first-order valence-corrected chi connectivity index (χ1v) is 5.41. The molecular weight excluding hydrogens is 284 g/mol. The van der Waals surface area contributed by atoms with Crippen LogP contribution in [0.4, 0.5) is 10.3 Å². The average molecular weight is 290 g/mol. The van der Waals surface area contributed by atoms with Crippen molar-refractivity contribution >= 4 is 35.1 Å². The number of carbonyl (C=O) groups excluding carboxylic acids is 1. The lowest BCUT2D eigenvalue weighted by atomic mass is 10.2. The number of nitrogens with zero attached hydrogens (tertiary/aromatic N) is 4. The van der Waals surface area contributed by atoms with Gasteiger partial charge in [-0.3, -0.25) is 10.1 Å². The second-order valence-electron chi connectivity index (χ2n) is 3.25. The third-order valence-electron chi connectivity index (χ3n) is 2.06. The van der Waals surface area contributed by atoms with Crippen molar-refractivity contribution in [3.05, 3.63) is 34.1 Å². The van der Waals surface area contributed by atoms with E-state index in [1.165, 1.54) is 11.0 Å². The van der Waals surface area contributed by atoms with Crippen molar-refractivity contribution in [3.63, 3.8) is 0 Å². The zero-order valence-electron chi connectivity index (χ0n) is 8.99. The Balaban J connectivity index is 2.33. The molecule has 6 nitrogen and oxygen atoms in total. The van der Waals surface area contributed by atoms with Gasteiger partial charge in [0, 0.05) is 13.1 Å². The van der Waals surface area contributed by atoms with E-state index in [0.29, 0.717) is 0 Å². The van der Waals surface area contributed by atoms with Crippen LogP contribution in [0.2, 0.25) is 10.3 Å². The van der Waals surface area contributed by atoms with Crippen LogP contribution in [-0.2, 0) is 7.05 Å². The maximum Gasteiger partial charge on any atom is 0.264 e. The summed E-state index contributed by atoms with van der Waals surface area (Å²) in [6.07, 6.45) is 1.24. The Bertz CT molecular complexity index is 592. The Hall–Kier alpha value is -1.73. The first-order valence-electron chi connectivity index (χ1n) is 4.66. The van der Waals surface area contributed by atoms with Crippen molar-refractivity contribution in [3.8, 4) is 0 Å². The standard InChI is InChI=1S/C9H6Cl2FN5O/c1-17-9(13-3-14-17)16-8(18)6-4(12)2-5(10)15-7(6)11/h2-3H,1H3,(H,13,14,16,18). The fraction of sp³-hybridized carbons (Fsp3) is 0.111. The Morgan fingerprint density at radius 3 is 2.78 bits per heavy atom. The highest BCUT2D eigenvalue weighted by Gasteiger charge is 2.19. The molecule has 18 heavy (non-hydrogen) atoms. The van der Waals surface area contributed by atoms with Crippen molar-refractivity contribution in [2.24, 2.45) is 7.05 Å². The summed E-state index contributed by atoms with van der Waals surface area (Å²) in [5.74, 6) is -1.48. The second-order valence-corrected chi connectivity index (χ2v) is 4.00. The van der Waals surface area contributed by atoms with Gasteiger partial charge in [0.2, 0.25) is 5.95 Å². The van der Waals surface area contributed by atoms with E-state index in [0.717, 1.165) is 6.07 Å². The minimum Gasteiger partial charge on any atom is -0.290 e. The number of anilines is 1. The lowest BCUT2D eigenvalue weighted by Gasteiger charge is -2.06. The maximum atomic E-state index is 13.6. The van der Waals surface area contributed by atoms with E-state index < -0.39 is 17.3 Å². The molecule has 0 unspecified atom stereocenters. The summed E-state index contributed by atoms with van der Waals surface area (Å²) in [5.41, 5.74) is -0.399. The van der Waals surface area contributed by atoms with Crippen molar-refractivity contribution in [1.29, 1.82) is 0 Å². The smallest absolute Gasteiger partial charge is 0.264 e. The molecule has 94 valence electrons. The lowest BCUT2D eigenvalue weighted by Crippen LogP contribution is -2.18. The van der Waals surface area contributed by atoms with Gasteiger partial charge in [-0.2, -0.15) is 10.1 Å². The summed E-state index contributed by atoms with van der Waals surface area (Å²) < 4.78 is 14.9. The Labute approximate surface area is 111 Å². The minimum atomic E-state index is -0.861. The summed E-state index contributed by atoms with van der Waals surface area (Å²) in [6.45, 7) is 0. The first kappa shape index (κ1) is 12.7. The maximum absolute atomic E-state index is 13.6. The topological polar surface area (TPSA) is 72.7 Å². The van der Waals surface area contributed by atoms with Crippen molar-refractivity contribution in [1.82, 2.24) is 19.7 Å². The van der Waals surface area contributed by atoms with Crippen LogP contribution in [0.1, 0.15) is 10.4 Å². The Morgan fingerprint density at radius 2 is 2.22 bits per heavy atom. The molecule has 0 saturated heterocycles. The lowest BCUT2D eigenvalue weighted by molar-refractivity contribution is 0.102. The fourth-order valence-corrected chi connectivity index (χ4v) is 1.72. The highest BCUT2D eigenvalue weighted by molar-refractivity contribution is 6.35. The molecule has 0 aliphatic carbocycles. The first-order chi connectivity index (χ1) is 8.49. The summed E-state index contributed by atoms with van der Waals surface area (Å²) in [6, 6.07) is 0.902. The molecule has 0 aliphatic heterocycles. The highest BCUT2D eigenvalue weighted by atomic mass is 35.5. The van der Waals surface area contributed by atoms with E-state index >= 15 is 0 Å². The zero-order chi connectivity index (χ0) is 13.3. The van der Waals surface area contributed by atoms with Crippen molar-refractivity contribution in [2.75, 3.05) is 5.32 Å². The number of pyridine rings is 1. The summed E-state index contributed by atoms with van der Waals surface area (Å²) >= 11 is 11.2.